The zero-order valence-electron chi connectivity index (χ0n) is 14.2. The summed E-state index contributed by atoms with van der Waals surface area (Å²) >= 11 is 0. The minimum absolute atomic E-state index is 0.0673. The van der Waals surface area contributed by atoms with Crippen molar-refractivity contribution in [3.8, 4) is 11.1 Å². The monoisotopic (exact) mass is 324 g/mol. The van der Waals surface area contributed by atoms with Crippen LogP contribution in [0, 0.1) is 5.41 Å². The van der Waals surface area contributed by atoms with Crippen LogP contribution in [0.2, 0.25) is 0 Å². The first-order valence-electron chi connectivity index (χ1n) is 8.00. The highest BCUT2D eigenvalue weighted by Crippen LogP contribution is 2.23. The Balaban J connectivity index is 1.71. The number of ether oxygens (including phenoxy) is 1. The second kappa shape index (κ2) is 6.79. The molecule has 1 aliphatic heterocycles. The van der Waals surface area contributed by atoms with Gasteiger partial charge in [-0.1, -0.05) is 50.2 Å². The van der Waals surface area contributed by atoms with E-state index in [0.29, 0.717) is 18.8 Å². The van der Waals surface area contributed by atoms with Crippen LogP contribution >= 0.6 is 0 Å². The number of carbonyl (C=O) groups excluding carboxylic acids is 1. The molecule has 0 atom stereocenters. The number of esters is 1. The van der Waals surface area contributed by atoms with Crippen molar-refractivity contribution in [2.45, 2.75) is 13.8 Å². The maximum Gasteiger partial charge on any atom is 0.493 e. The van der Waals surface area contributed by atoms with Crippen LogP contribution in [0.1, 0.15) is 24.2 Å². The van der Waals surface area contributed by atoms with Gasteiger partial charge in [0.15, 0.2) is 0 Å². The summed E-state index contributed by atoms with van der Waals surface area (Å²) in [6, 6.07) is 15.5. The lowest BCUT2D eigenvalue weighted by atomic mass is 9.75. The van der Waals surface area contributed by atoms with Crippen molar-refractivity contribution in [2.75, 3.05) is 20.3 Å². The van der Waals surface area contributed by atoms with Crippen molar-refractivity contribution in [1.82, 2.24) is 0 Å². The van der Waals surface area contributed by atoms with E-state index in [1.54, 1.807) is 12.1 Å². The van der Waals surface area contributed by atoms with Crippen LogP contribution in [0.4, 0.5) is 0 Å². The molecule has 0 spiro atoms. The molecule has 124 valence electrons. The van der Waals surface area contributed by atoms with Gasteiger partial charge >= 0.3 is 13.1 Å². The maximum atomic E-state index is 11.5. The first-order valence-corrected chi connectivity index (χ1v) is 8.00. The second-order valence-corrected chi connectivity index (χ2v) is 6.81. The van der Waals surface area contributed by atoms with Crippen LogP contribution in [-0.4, -0.2) is 33.4 Å². The van der Waals surface area contributed by atoms with Gasteiger partial charge in [0.25, 0.3) is 0 Å². The lowest BCUT2D eigenvalue weighted by Crippen LogP contribution is -2.47. The Kier molecular flexibility index (Phi) is 4.74. The number of hydrogen-bond acceptors (Lipinski definition) is 4. The molecule has 1 saturated heterocycles. The van der Waals surface area contributed by atoms with Gasteiger partial charge in [0, 0.05) is 18.6 Å². The Hall–Kier alpha value is -2.11. The summed E-state index contributed by atoms with van der Waals surface area (Å²) in [6.45, 7) is 5.64. The fraction of sp³-hybridized carbons (Fsp3) is 0.316. The normalized spacial score (nSPS) is 16.7. The molecule has 2 aromatic rings. The summed E-state index contributed by atoms with van der Waals surface area (Å²) in [4.78, 5) is 11.5. The lowest BCUT2D eigenvalue weighted by Gasteiger charge is -2.33. The van der Waals surface area contributed by atoms with E-state index in [1.165, 1.54) is 7.11 Å². The van der Waals surface area contributed by atoms with Crippen LogP contribution in [0.3, 0.4) is 0 Å². The quantitative estimate of drug-likeness (QED) is 0.643. The molecule has 5 heteroatoms. The van der Waals surface area contributed by atoms with Gasteiger partial charge in [-0.15, -0.1) is 0 Å². The van der Waals surface area contributed by atoms with E-state index in [9.17, 15) is 4.79 Å². The second-order valence-electron chi connectivity index (χ2n) is 6.81. The van der Waals surface area contributed by atoms with E-state index < -0.39 is 0 Å². The lowest BCUT2D eigenvalue weighted by molar-refractivity contribution is 0.0343. The SMILES string of the molecule is COC(=O)c1ccc(-c2ccc(B3OCC(C)(C)CO3)cc2)cc1. The van der Waals surface area contributed by atoms with Crippen molar-refractivity contribution < 1.29 is 18.8 Å². The van der Waals surface area contributed by atoms with E-state index in [-0.39, 0.29) is 18.5 Å². The van der Waals surface area contributed by atoms with E-state index in [1.807, 2.05) is 36.4 Å². The highest BCUT2D eigenvalue weighted by Gasteiger charge is 2.33. The van der Waals surface area contributed by atoms with Gasteiger partial charge in [-0.2, -0.15) is 0 Å². The number of rotatable bonds is 3. The van der Waals surface area contributed by atoms with Crippen molar-refractivity contribution in [2.24, 2.45) is 5.41 Å². The van der Waals surface area contributed by atoms with Crippen molar-refractivity contribution >= 4 is 18.6 Å². The molecule has 1 aliphatic rings. The van der Waals surface area contributed by atoms with E-state index in [4.69, 9.17) is 14.0 Å². The van der Waals surface area contributed by atoms with Crippen molar-refractivity contribution in [3.63, 3.8) is 0 Å². The van der Waals surface area contributed by atoms with Crippen LogP contribution < -0.4 is 5.46 Å². The fourth-order valence-electron chi connectivity index (χ4n) is 2.63. The van der Waals surface area contributed by atoms with Gasteiger partial charge in [0.05, 0.1) is 12.7 Å². The minimum Gasteiger partial charge on any atom is -0.465 e. The summed E-state index contributed by atoms with van der Waals surface area (Å²) in [5.41, 5.74) is 3.75. The highest BCUT2D eigenvalue weighted by atomic mass is 16.6. The minimum atomic E-state index is -0.327. The Morgan fingerprint density at radius 2 is 1.46 bits per heavy atom. The van der Waals surface area contributed by atoms with Gasteiger partial charge in [0.2, 0.25) is 0 Å². The first-order chi connectivity index (χ1) is 11.5. The molecule has 2 aromatic carbocycles. The zero-order valence-corrected chi connectivity index (χ0v) is 14.2. The van der Waals surface area contributed by atoms with Gasteiger partial charge < -0.3 is 14.0 Å². The number of methoxy groups -OCH3 is 1. The molecule has 0 aromatic heterocycles. The van der Waals surface area contributed by atoms with Gasteiger partial charge in [-0.25, -0.2) is 4.79 Å². The van der Waals surface area contributed by atoms with Crippen LogP contribution in [0.15, 0.2) is 48.5 Å². The number of benzene rings is 2. The molecule has 0 amide bonds. The summed E-state index contributed by atoms with van der Waals surface area (Å²) in [5, 5.41) is 0. The predicted molar refractivity (Wildman–Crippen MR) is 94.3 cm³/mol. The fourth-order valence-corrected chi connectivity index (χ4v) is 2.63. The average Bonchev–Trinajstić information content (AvgIpc) is 2.61. The molecule has 0 N–H and O–H groups in total. The third-order valence-corrected chi connectivity index (χ3v) is 4.07. The maximum absolute atomic E-state index is 11.5. The Bertz CT molecular complexity index is 697. The molecule has 1 heterocycles. The average molecular weight is 324 g/mol. The molecule has 0 aliphatic carbocycles. The summed E-state index contributed by atoms with van der Waals surface area (Å²) in [7, 11) is 1.08. The van der Waals surface area contributed by atoms with Gasteiger partial charge in [-0.3, -0.25) is 0 Å². The van der Waals surface area contributed by atoms with E-state index in [2.05, 4.69) is 13.8 Å². The molecule has 0 bridgehead atoms. The Morgan fingerprint density at radius 3 is 1.96 bits per heavy atom. The molecule has 0 saturated carbocycles. The van der Waals surface area contributed by atoms with Crippen LogP contribution in [-0.2, 0) is 14.0 Å². The summed E-state index contributed by atoms with van der Waals surface area (Å²) in [5.74, 6) is -0.327. The smallest absolute Gasteiger partial charge is 0.465 e. The van der Waals surface area contributed by atoms with Crippen LogP contribution in [0.5, 0.6) is 0 Å². The topological polar surface area (TPSA) is 44.8 Å². The van der Waals surface area contributed by atoms with E-state index >= 15 is 0 Å². The van der Waals surface area contributed by atoms with E-state index in [0.717, 1.165) is 16.6 Å². The van der Waals surface area contributed by atoms with Gasteiger partial charge in [0.1, 0.15) is 0 Å². The third kappa shape index (κ3) is 3.69. The molecule has 24 heavy (non-hydrogen) atoms. The Morgan fingerprint density at radius 1 is 0.958 bits per heavy atom. The molecular formula is C19H21BO4. The molecule has 4 nitrogen and oxygen atoms in total. The zero-order chi connectivity index (χ0) is 17.2. The number of hydrogen-bond donors (Lipinski definition) is 0. The summed E-state index contributed by atoms with van der Waals surface area (Å²) < 4.78 is 16.3. The summed E-state index contributed by atoms with van der Waals surface area (Å²) in [6.07, 6.45) is 0. The predicted octanol–water partition coefficient (Wildman–Crippen LogP) is 2.91. The molecular weight excluding hydrogens is 303 g/mol. The molecule has 1 fully saturated rings. The van der Waals surface area contributed by atoms with Crippen molar-refractivity contribution in [3.05, 3.63) is 54.1 Å². The largest absolute Gasteiger partial charge is 0.493 e. The van der Waals surface area contributed by atoms with Crippen molar-refractivity contribution in [1.29, 1.82) is 0 Å². The Labute approximate surface area is 142 Å². The van der Waals surface area contributed by atoms with Crippen LogP contribution in [0.25, 0.3) is 11.1 Å². The first kappa shape index (κ1) is 16.7. The highest BCUT2D eigenvalue weighted by molar-refractivity contribution is 6.61. The molecule has 0 radical (unpaired) electrons. The third-order valence-electron chi connectivity index (χ3n) is 4.07. The standard InChI is InChI=1S/C19H21BO4/c1-19(2)12-23-20(24-13-19)17-10-8-15(9-11-17)14-4-6-16(7-5-14)18(21)22-3/h4-11H,12-13H2,1-3H3. The van der Waals surface area contributed by atoms with Gasteiger partial charge in [-0.05, 0) is 28.7 Å². The molecule has 0 unspecified atom stereocenters. The number of carbonyl (C=O) groups is 1. The molecule has 3 rings (SSSR count).